The molecule has 0 spiro atoms. The fourth-order valence-electron chi connectivity index (χ4n) is 11.6. The molecule has 0 radical (unpaired) electrons. The van der Waals surface area contributed by atoms with E-state index in [0.29, 0.717) is 0 Å². The van der Waals surface area contributed by atoms with Gasteiger partial charge >= 0.3 is 5.69 Å². The molecule has 0 bridgehead atoms. The van der Waals surface area contributed by atoms with Crippen LogP contribution in [0, 0.1) is 0 Å². The average Bonchev–Trinajstić information content (AvgIpc) is 4.23. The number of aromatic nitrogens is 5. The lowest BCUT2D eigenvalue weighted by molar-refractivity contribution is 0.930. The van der Waals surface area contributed by atoms with Crippen molar-refractivity contribution in [2.24, 2.45) is 0 Å². The molecule has 4 aromatic heterocycles. The van der Waals surface area contributed by atoms with Crippen LogP contribution in [0.3, 0.4) is 0 Å². The van der Waals surface area contributed by atoms with Gasteiger partial charge in [-0.1, -0.05) is 127 Å². The molecule has 0 atom stereocenters. The third-order valence-corrected chi connectivity index (χ3v) is 14.9. The van der Waals surface area contributed by atoms with Gasteiger partial charge in [-0.2, -0.15) is 0 Å². The van der Waals surface area contributed by atoms with Crippen molar-refractivity contribution in [1.29, 1.82) is 0 Å². The van der Waals surface area contributed by atoms with Crippen LogP contribution in [0.15, 0.2) is 266 Å². The van der Waals surface area contributed by atoms with Gasteiger partial charge in [0, 0.05) is 60.8 Å². The molecule has 15 rings (SSSR count). The SMILES string of the molecule is O=c1n(-c2cccc(-n3c4ccccc4c4ccccc43)c2)c2ccccc2n1-c1ccc2c(c1)c1cc(Nc3ccccc3Nc3cccc(-n4c5ccccc5c5ccccc54)c3)ccc1n2-c1ccccc1. The van der Waals surface area contributed by atoms with Gasteiger partial charge in [0.15, 0.2) is 0 Å². The number of benzene rings is 11. The molecule has 0 saturated carbocycles. The normalized spacial score (nSPS) is 11.8. The molecule has 2 N–H and O–H groups in total. The highest BCUT2D eigenvalue weighted by Crippen LogP contribution is 2.39. The zero-order valence-corrected chi connectivity index (χ0v) is 40.5. The van der Waals surface area contributed by atoms with Crippen molar-refractivity contribution >= 4 is 99.2 Å². The van der Waals surface area contributed by atoms with Crippen molar-refractivity contribution in [3.05, 3.63) is 271 Å². The first-order chi connectivity index (χ1) is 37.1. The molecule has 75 heavy (non-hydrogen) atoms. The molecule has 8 nitrogen and oxygen atoms in total. The summed E-state index contributed by atoms with van der Waals surface area (Å²) in [5.41, 5.74) is 16.7. The second-order valence-electron chi connectivity index (χ2n) is 19.2. The predicted octanol–water partition coefficient (Wildman–Crippen LogP) is 16.6. The number of nitrogens with one attached hydrogen (secondary N) is 2. The maximum Gasteiger partial charge on any atom is 0.338 e. The van der Waals surface area contributed by atoms with Crippen LogP contribution in [0.5, 0.6) is 0 Å². The molecule has 0 fully saturated rings. The first kappa shape index (κ1) is 42.4. The highest BCUT2D eigenvalue weighted by atomic mass is 16.1. The summed E-state index contributed by atoms with van der Waals surface area (Å²) < 4.78 is 10.6. The maximum atomic E-state index is 15.2. The third kappa shape index (κ3) is 6.74. The number of fused-ring (bicyclic) bond motifs is 10. The maximum absolute atomic E-state index is 15.2. The number of hydrogen-bond donors (Lipinski definition) is 2. The van der Waals surface area contributed by atoms with Gasteiger partial charge in [-0.25, -0.2) is 4.79 Å². The Morgan fingerprint density at radius 1 is 0.227 bits per heavy atom. The number of nitrogens with zero attached hydrogens (tertiary/aromatic N) is 5. The molecule has 11 aromatic carbocycles. The van der Waals surface area contributed by atoms with Gasteiger partial charge in [0.1, 0.15) is 0 Å². The summed E-state index contributed by atoms with van der Waals surface area (Å²) in [5, 5.41) is 14.5. The Balaban J connectivity index is 0.827. The number of anilines is 4. The molecule has 8 heteroatoms. The van der Waals surface area contributed by atoms with Crippen LogP contribution in [0.4, 0.5) is 22.7 Å². The van der Waals surface area contributed by atoms with E-state index in [9.17, 15) is 0 Å². The minimum Gasteiger partial charge on any atom is -0.354 e. The lowest BCUT2D eigenvalue weighted by Crippen LogP contribution is -2.22. The predicted molar refractivity (Wildman–Crippen MR) is 311 cm³/mol. The lowest BCUT2D eigenvalue weighted by Gasteiger charge is -2.16. The second kappa shape index (κ2) is 16.9. The smallest absolute Gasteiger partial charge is 0.338 e. The summed E-state index contributed by atoms with van der Waals surface area (Å²) in [6.45, 7) is 0. The Labute approximate surface area is 430 Å². The highest BCUT2D eigenvalue weighted by molar-refractivity contribution is 6.12. The van der Waals surface area contributed by atoms with Crippen molar-refractivity contribution in [1.82, 2.24) is 22.8 Å². The van der Waals surface area contributed by atoms with E-state index in [1.807, 2.05) is 51.6 Å². The van der Waals surface area contributed by atoms with E-state index in [0.717, 1.165) is 95.1 Å². The summed E-state index contributed by atoms with van der Waals surface area (Å²) in [4.78, 5) is 15.2. The summed E-state index contributed by atoms with van der Waals surface area (Å²) in [5.74, 6) is 0. The molecule has 0 unspecified atom stereocenters. The van der Waals surface area contributed by atoms with E-state index >= 15 is 4.79 Å². The summed E-state index contributed by atoms with van der Waals surface area (Å²) >= 11 is 0. The molecule has 0 aliphatic carbocycles. The minimum atomic E-state index is -0.145. The molecular weight excluding hydrogens is 919 g/mol. The van der Waals surface area contributed by atoms with Gasteiger partial charge in [-0.3, -0.25) is 9.13 Å². The summed E-state index contributed by atoms with van der Waals surface area (Å²) in [6, 6.07) is 91.0. The van der Waals surface area contributed by atoms with E-state index in [-0.39, 0.29) is 5.69 Å². The fraction of sp³-hybridized carbons (Fsp3) is 0. The molecule has 15 aromatic rings. The standard InChI is InChI=1S/C67H45N7O/c75-67-73(49-23-17-22-48(42-49)72-61-32-12-6-26-53(61)54-27-7-13-33-62(54)72)65-34-14-15-35-66(65)74(67)50-37-39-64-56(43-50)55-41-45(36-38-63(55)70(64)46-19-2-1-3-20-46)69-58-29-9-8-28-57(58)68-44-18-16-21-47(40-44)71-59-30-10-4-24-51(59)52-25-5-11-31-60(52)71/h1-43,68-69H. The quantitative estimate of drug-likeness (QED) is 0.151. The number of para-hydroxylation sites is 9. The van der Waals surface area contributed by atoms with Crippen molar-refractivity contribution < 1.29 is 0 Å². The van der Waals surface area contributed by atoms with Crippen LogP contribution in [-0.4, -0.2) is 22.8 Å². The monoisotopic (exact) mass is 963 g/mol. The topological polar surface area (TPSA) is 65.8 Å². The summed E-state index contributed by atoms with van der Waals surface area (Å²) in [7, 11) is 0. The van der Waals surface area contributed by atoms with Crippen LogP contribution in [0.1, 0.15) is 0 Å². The van der Waals surface area contributed by atoms with Crippen LogP contribution >= 0.6 is 0 Å². The van der Waals surface area contributed by atoms with Gasteiger partial charge in [-0.05, 0) is 133 Å². The minimum absolute atomic E-state index is 0.145. The molecular formula is C67H45N7O. The zero-order chi connectivity index (χ0) is 49.6. The highest BCUT2D eigenvalue weighted by Gasteiger charge is 2.21. The van der Waals surface area contributed by atoms with Gasteiger partial charge in [0.25, 0.3) is 0 Å². The van der Waals surface area contributed by atoms with E-state index in [1.165, 1.54) is 32.6 Å². The lowest BCUT2D eigenvalue weighted by atomic mass is 10.1. The number of hydrogen-bond acceptors (Lipinski definition) is 3. The molecule has 0 amide bonds. The molecule has 0 saturated heterocycles. The van der Waals surface area contributed by atoms with Crippen LogP contribution in [0.25, 0.3) is 105 Å². The zero-order valence-electron chi connectivity index (χ0n) is 40.5. The van der Waals surface area contributed by atoms with Crippen LogP contribution in [0.2, 0.25) is 0 Å². The molecule has 0 aliphatic rings. The molecule has 354 valence electrons. The van der Waals surface area contributed by atoms with Crippen molar-refractivity contribution in [3.8, 4) is 28.4 Å². The van der Waals surface area contributed by atoms with Crippen LogP contribution in [-0.2, 0) is 0 Å². The Morgan fingerprint density at radius 3 is 1.13 bits per heavy atom. The second-order valence-corrected chi connectivity index (χ2v) is 19.2. The van der Waals surface area contributed by atoms with E-state index in [4.69, 9.17) is 0 Å². The van der Waals surface area contributed by atoms with Gasteiger partial charge in [-0.15, -0.1) is 0 Å². The van der Waals surface area contributed by atoms with Gasteiger partial charge in [0.05, 0.1) is 66.9 Å². The van der Waals surface area contributed by atoms with Crippen molar-refractivity contribution in [2.45, 2.75) is 0 Å². The van der Waals surface area contributed by atoms with E-state index in [2.05, 4.69) is 243 Å². The average molecular weight is 964 g/mol. The Bertz CT molecular complexity index is 4710. The van der Waals surface area contributed by atoms with Crippen molar-refractivity contribution in [3.63, 3.8) is 0 Å². The third-order valence-electron chi connectivity index (χ3n) is 14.9. The summed E-state index contributed by atoms with van der Waals surface area (Å²) in [6.07, 6.45) is 0. The van der Waals surface area contributed by atoms with E-state index in [1.54, 1.807) is 0 Å². The fourth-order valence-corrected chi connectivity index (χ4v) is 11.6. The largest absolute Gasteiger partial charge is 0.354 e. The Morgan fingerprint density at radius 2 is 0.587 bits per heavy atom. The van der Waals surface area contributed by atoms with Gasteiger partial charge in [0.2, 0.25) is 0 Å². The molecule has 4 heterocycles. The van der Waals surface area contributed by atoms with E-state index < -0.39 is 0 Å². The first-order valence-electron chi connectivity index (χ1n) is 25.3. The molecule has 0 aliphatic heterocycles. The van der Waals surface area contributed by atoms with Gasteiger partial charge < -0.3 is 24.3 Å². The number of imidazole rings is 1. The first-order valence-corrected chi connectivity index (χ1v) is 25.3. The van der Waals surface area contributed by atoms with Crippen molar-refractivity contribution in [2.75, 3.05) is 10.6 Å². The number of rotatable bonds is 9. The Hall–Kier alpha value is -10.3. The van der Waals surface area contributed by atoms with Crippen LogP contribution < -0.4 is 16.3 Å². The Kier molecular flexibility index (Phi) is 9.55.